The molecule has 0 radical (unpaired) electrons. The fraction of sp³-hybridized carbons (Fsp3) is 0.480. The van der Waals surface area contributed by atoms with Crippen LogP contribution < -0.4 is 14.8 Å². The molecule has 1 N–H and O–H groups in total. The number of nitrogens with zero attached hydrogens (tertiary/aromatic N) is 1. The number of nitrogens with one attached hydrogen (secondary N) is 1. The fourth-order valence-electron chi connectivity index (χ4n) is 5.19. The van der Waals surface area contributed by atoms with Gasteiger partial charge in [-0.05, 0) is 72.9 Å². The average molecular weight is 564 g/mol. The van der Waals surface area contributed by atoms with Crippen molar-refractivity contribution < 1.29 is 23.9 Å². The van der Waals surface area contributed by atoms with Crippen LogP contribution in [0.3, 0.4) is 0 Å². The Morgan fingerprint density at radius 2 is 1.70 bits per heavy atom. The second kappa shape index (κ2) is 9.87. The van der Waals surface area contributed by atoms with Gasteiger partial charge < -0.3 is 19.7 Å². The molecule has 0 aromatic heterocycles. The molecule has 4 rings (SSSR count). The van der Waals surface area contributed by atoms with Gasteiger partial charge in [0.2, 0.25) is 0 Å². The van der Waals surface area contributed by atoms with Gasteiger partial charge in [0.25, 0.3) is 5.91 Å². The van der Waals surface area contributed by atoms with Gasteiger partial charge in [-0.15, -0.1) is 0 Å². The van der Waals surface area contributed by atoms with Crippen molar-refractivity contribution in [2.45, 2.75) is 51.4 Å². The molecule has 1 aromatic rings. The summed E-state index contributed by atoms with van der Waals surface area (Å²) in [6, 6.07) is 3.81. The summed E-state index contributed by atoms with van der Waals surface area (Å²) < 4.78 is 12.1. The van der Waals surface area contributed by atoms with Crippen LogP contribution in [-0.4, -0.2) is 49.7 Å². The van der Waals surface area contributed by atoms with Crippen molar-refractivity contribution in [2.24, 2.45) is 0 Å². The van der Waals surface area contributed by atoms with Crippen LogP contribution in [0.5, 0.6) is 11.5 Å². The van der Waals surface area contributed by atoms with Crippen molar-refractivity contribution in [3.63, 3.8) is 0 Å². The van der Waals surface area contributed by atoms with Gasteiger partial charge in [-0.25, -0.2) is 0 Å². The number of carbonyl (C=O) groups is 3. The third kappa shape index (κ3) is 4.29. The molecule has 0 atom stereocenters. The number of amides is 1. The second-order valence-corrected chi connectivity index (χ2v) is 9.61. The van der Waals surface area contributed by atoms with E-state index in [9.17, 15) is 14.4 Å². The number of hydrogen-bond acceptors (Lipinski definition) is 6. The van der Waals surface area contributed by atoms with Crippen molar-refractivity contribution in [3.05, 3.63) is 43.8 Å². The van der Waals surface area contributed by atoms with E-state index in [0.29, 0.717) is 24.3 Å². The summed E-state index contributed by atoms with van der Waals surface area (Å²) >= 11 is 2.16. The van der Waals surface area contributed by atoms with Crippen molar-refractivity contribution in [1.29, 1.82) is 0 Å². The number of hydrogen-bond donors (Lipinski definition) is 1. The van der Waals surface area contributed by atoms with Crippen LogP contribution in [0.2, 0.25) is 0 Å². The standard InChI is InChI=1S/C25H29IN2O5/c1-4-28-16-7-5-9-18(29)23(16)22(24-17(28)8-6-10-19(24)30)14-11-15(26)25(20(12-14)32-3)33-13-21(31)27-2/h11-12,22H,4-10,13H2,1-3H3,(H,27,31). The number of ether oxygens (including phenoxy) is 2. The molecule has 3 aliphatic rings. The molecule has 1 heterocycles. The number of rotatable bonds is 6. The maximum Gasteiger partial charge on any atom is 0.257 e. The Kier molecular flexibility index (Phi) is 7.11. The second-order valence-electron chi connectivity index (χ2n) is 8.45. The lowest BCUT2D eigenvalue weighted by molar-refractivity contribution is -0.122. The number of Topliss-reactive ketones (excluding diaryl/α,β-unsaturated/α-hetero) is 2. The van der Waals surface area contributed by atoms with Crippen LogP contribution >= 0.6 is 22.6 Å². The van der Waals surface area contributed by atoms with Crippen LogP contribution in [0.15, 0.2) is 34.7 Å². The minimum absolute atomic E-state index is 0.124. The van der Waals surface area contributed by atoms with Gasteiger partial charge in [-0.3, -0.25) is 14.4 Å². The molecule has 0 saturated carbocycles. The molecule has 33 heavy (non-hydrogen) atoms. The average Bonchev–Trinajstić information content (AvgIpc) is 2.81. The van der Waals surface area contributed by atoms with Crippen LogP contribution in [0, 0.1) is 3.57 Å². The molecule has 2 aliphatic carbocycles. The van der Waals surface area contributed by atoms with Crippen LogP contribution in [0.1, 0.15) is 56.9 Å². The van der Waals surface area contributed by atoms with Crippen LogP contribution in [0.4, 0.5) is 0 Å². The summed E-state index contributed by atoms with van der Waals surface area (Å²) in [5, 5.41) is 2.54. The van der Waals surface area contributed by atoms with Gasteiger partial charge >= 0.3 is 0 Å². The normalized spacial score (nSPS) is 18.8. The highest BCUT2D eigenvalue weighted by Gasteiger charge is 2.43. The summed E-state index contributed by atoms with van der Waals surface area (Å²) in [5.41, 5.74) is 4.51. The SMILES string of the molecule is CCN1C2=C(C(=O)CCC2)C(c2cc(I)c(OCC(=O)NC)c(OC)c2)C2=C1CCCC2=O. The number of carbonyl (C=O) groups excluding carboxylic acids is 3. The predicted molar refractivity (Wildman–Crippen MR) is 132 cm³/mol. The Morgan fingerprint density at radius 1 is 1.09 bits per heavy atom. The first-order chi connectivity index (χ1) is 15.9. The van der Waals surface area contributed by atoms with Crippen LogP contribution in [0.25, 0.3) is 0 Å². The van der Waals surface area contributed by atoms with Crippen LogP contribution in [-0.2, 0) is 14.4 Å². The molecule has 0 unspecified atom stereocenters. The Labute approximate surface area is 207 Å². The van der Waals surface area contributed by atoms with E-state index in [4.69, 9.17) is 9.47 Å². The third-order valence-corrected chi connectivity index (χ3v) is 7.42. The molecule has 0 spiro atoms. The number of benzene rings is 1. The van der Waals surface area contributed by atoms with E-state index in [0.717, 1.165) is 63.9 Å². The monoisotopic (exact) mass is 564 g/mol. The Hall–Kier alpha value is -2.36. The summed E-state index contributed by atoms with van der Waals surface area (Å²) in [6.07, 6.45) is 4.38. The fourth-order valence-corrected chi connectivity index (χ4v) is 5.97. The van der Waals surface area contributed by atoms with Crippen molar-refractivity contribution >= 4 is 40.1 Å². The zero-order chi connectivity index (χ0) is 23.7. The number of likely N-dealkylation sites (N-methyl/N-ethyl adjacent to an activating group) is 1. The quantitative estimate of drug-likeness (QED) is 0.529. The Morgan fingerprint density at radius 3 is 2.21 bits per heavy atom. The first-order valence-electron chi connectivity index (χ1n) is 11.4. The van der Waals surface area contributed by atoms with Gasteiger partial charge in [-0.1, -0.05) is 0 Å². The highest BCUT2D eigenvalue weighted by Crippen LogP contribution is 2.50. The van der Waals surface area contributed by atoms with Crippen molar-refractivity contribution in [2.75, 3.05) is 27.3 Å². The van der Waals surface area contributed by atoms with Gasteiger partial charge in [0.15, 0.2) is 29.7 Å². The summed E-state index contributed by atoms with van der Waals surface area (Å²) in [7, 11) is 3.10. The summed E-state index contributed by atoms with van der Waals surface area (Å²) in [6.45, 7) is 2.70. The lowest BCUT2D eigenvalue weighted by Gasteiger charge is -2.43. The van der Waals surface area contributed by atoms with E-state index in [1.165, 1.54) is 0 Å². The van der Waals surface area contributed by atoms with Gasteiger partial charge in [0.1, 0.15) is 0 Å². The predicted octanol–water partition coefficient (Wildman–Crippen LogP) is 3.86. The maximum atomic E-state index is 13.3. The maximum absolute atomic E-state index is 13.3. The molecule has 1 amide bonds. The van der Waals surface area contributed by atoms with E-state index in [1.54, 1.807) is 14.2 Å². The molecular weight excluding hydrogens is 535 g/mol. The van der Waals surface area contributed by atoms with Gasteiger partial charge in [0.05, 0.1) is 10.7 Å². The molecule has 0 bridgehead atoms. The number of allylic oxidation sites excluding steroid dienone is 4. The third-order valence-electron chi connectivity index (χ3n) is 6.61. The first-order valence-corrected chi connectivity index (χ1v) is 12.5. The van der Waals surface area contributed by atoms with Gasteiger partial charge in [-0.2, -0.15) is 0 Å². The minimum Gasteiger partial charge on any atom is -0.493 e. The molecular formula is C25H29IN2O5. The smallest absolute Gasteiger partial charge is 0.257 e. The van der Waals surface area contributed by atoms with E-state index >= 15 is 0 Å². The zero-order valence-electron chi connectivity index (χ0n) is 19.3. The van der Waals surface area contributed by atoms with E-state index in [-0.39, 0.29) is 24.1 Å². The van der Waals surface area contributed by atoms with Gasteiger partial charge in [0, 0.05) is 54.9 Å². The largest absolute Gasteiger partial charge is 0.493 e. The highest BCUT2D eigenvalue weighted by molar-refractivity contribution is 14.1. The molecule has 1 aliphatic heterocycles. The van der Waals surface area contributed by atoms with Crippen molar-refractivity contribution in [1.82, 2.24) is 10.2 Å². The molecule has 176 valence electrons. The number of ketones is 2. The van der Waals surface area contributed by atoms with E-state index in [1.807, 2.05) is 12.1 Å². The molecule has 0 saturated heterocycles. The minimum atomic E-state index is -0.395. The molecule has 7 nitrogen and oxygen atoms in total. The molecule has 8 heteroatoms. The summed E-state index contributed by atoms with van der Waals surface area (Å²) in [4.78, 5) is 40.4. The number of methoxy groups -OCH3 is 1. The van der Waals surface area contributed by atoms with E-state index < -0.39 is 5.92 Å². The lowest BCUT2D eigenvalue weighted by atomic mass is 9.71. The summed E-state index contributed by atoms with van der Waals surface area (Å²) in [5.74, 6) is 0.569. The van der Waals surface area contributed by atoms with Crippen molar-refractivity contribution in [3.8, 4) is 11.5 Å². The highest BCUT2D eigenvalue weighted by atomic mass is 127. The first kappa shape index (κ1) is 23.8. The molecule has 1 aromatic carbocycles. The number of halogens is 1. The Balaban J connectivity index is 1.87. The lowest BCUT2D eigenvalue weighted by Crippen LogP contribution is -2.39. The molecule has 0 fully saturated rings. The zero-order valence-corrected chi connectivity index (χ0v) is 21.4. The topological polar surface area (TPSA) is 84.9 Å². The Bertz CT molecular complexity index is 1030. The van der Waals surface area contributed by atoms with E-state index in [2.05, 4.69) is 39.7 Å².